The summed E-state index contributed by atoms with van der Waals surface area (Å²) in [5.74, 6) is 0.684. The first-order valence-electron chi connectivity index (χ1n) is 6.83. The zero-order valence-electron chi connectivity index (χ0n) is 12.4. The highest BCUT2D eigenvalue weighted by atomic mass is 32.2. The monoisotopic (exact) mass is 351 g/mol. The first-order chi connectivity index (χ1) is 10.9. The number of anilines is 2. The maximum absolute atomic E-state index is 12.3. The van der Waals surface area contributed by atoms with Crippen LogP contribution in [-0.4, -0.2) is 20.1 Å². The molecule has 2 aromatic rings. The second-order valence-electron chi connectivity index (χ2n) is 4.58. The lowest BCUT2D eigenvalue weighted by Crippen LogP contribution is -2.19. The van der Waals surface area contributed by atoms with E-state index in [1.807, 2.05) is 6.92 Å². The lowest BCUT2D eigenvalue weighted by molar-refractivity contribution is 0.340. The molecule has 23 heavy (non-hydrogen) atoms. The Bertz CT molecular complexity index is 773. The number of hydrogen-bond donors (Lipinski definition) is 3. The maximum Gasteiger partial charge on any atom is 0.261 e. The van der Waals surface area contributed by atoms with Crippen molar-refractivity contribution in [2.75, 3.05) is 16.6 Å². The zero-order valence-corrected chi connectivity index (χ0v) is 14.1. The lowest BCUT2D eigenvalue weighted by atomic mass is 10.3. The molecule has 2 aromatic carbocycles. The molecule has 4 N–H and O–H groups in total. The minimum Gasteiger partial charge on any atom is -0.494 e. The number of nitrogens with two attached hydrogens (primary N) is 1. The predicted molar refractivity (Wildman–Crippen MR) is 95.3 cm³/mol. The highest BCUT2D eigenvalue weighted by Crippen LogP contribution is 2.20. The van der Waals surface area contributed by atoms with Crippen LogP contribution in [0.4, 0.5) is 11.4 Å². The number of benzene rings is 2. The van der Waals surface area contributed by atoms with Gasteiger partial charge in [0.05, 0.1) is 11.5 Å². The summed E-state index contributed by atoms with van der Waals surface area (Å²) >= 11 is 4.73. The number of ether oxygens (including phenoxy) is 1. The summed E-state index contributed by atoms with van der Waals surface area (Å²) in [6.45, 7) is 2.43. The number of thiocarbonyl (C=S) groups is 1. The summed E-state index contributed by atoms with van der Waals surface area (Å²) in [6, 6.07) is 12.8. The van der Waals surface area contributed by atoms with Crippen LogP contribution in [0.25, 0.3) is 0 Å². The van der Waals surface area contributed by atoms with Gasteiger partial charge in [0.1, 0.15) is 5.75 Å². The van der Waals surface area contributed by atoms with Gasteiger partial charge in [-0.2, -0.15) is 0 Å². The van der Waals surface area contributed by atoms with Crippen LogP contribution in [-0.2, 0) is 10.0 Å². The van der Waals surface area contributed by atoms with Gasteiger partial charge in [0, 0.05) is 11.4 Å². The average molecular weight is 351 g/mol. The quantitative estimate of drug-likeness (QED) is 0.693. The molecule has 0 aromatic heterocycles. The first kappa shape index (κ1) is 17.0. The van der Waals surface area contributed by atoms with Gasteiger partial charge in [-0.3, -0.25) is 4.72 Å². The van der Waals surface area contributed by atoms with Crippen molar-refractivity contribution in [3.8, 4) is 5.75 Å². The molecule has 0 amide bonds. The van der Waals surface area contributed by atoms with Gasteiger partial charge in [-0.1, -0.05) is 0 Å². The molecule has 0 saturated carbocycles. The van der Waals surface area contributed by atoms with Crippen molar-refractivity contribution in [3.05, 3.63) is 48.5 Å². The van der Waals surface area contributed by atoms with Crippen molar-refractivity contribution < 1.29 is 13.2 Å². The molecule has 0 saturated heterocycles. The largest absolute Gasteiger partial charge is 0.494 e. The van der Waals surface area contributed by atoms with Crippen LogP contribution < -0.4 is 20.5 Å². The van der Waals surface area contributed by atoms with Crippen molar-refractivity contribution in [1.29, 1.82) is 0 Å². The molecule has 0 fully saturated rings. The molecule has 122 valence electrons. The Labute approximate surface area is 140 Å². The molecular weight excluding hydrogens is 334 g/mol. The summed E-state index contributed by atoms with van der Waals surface area (Å²) in [6.07, 6.45) is 0. The molecule has 0 atom stereocenters. The van der Waals surface area contributed by atoms with E-state index in [-0.39, 0.29) is 10.0 Å². The van der Waals surface area contributed by atoms with Crippen molar-refractivity contribution in [3.63, 3.8) is 0 Å². The van der Waals surface area contributed by atoms with E-state index < -0.39 is 10.0 Å². The second-order valence-corrected chi connectivity index (χ2v) is 6.70. The summed E-state index contributed by atoms with van der Waals surface area (Å²) < 4.78 is 32.5. The molecule has 0 heterocycles. The third-order valence-corrected chi connectivity index (χ3v) is 4.35. The van der Waals surface area contributed by atoms with Gasteiger partial charge in [0.15, 0.2) is 5.11 Å². The molecule has 2 rings (SSSR count). The third-order valence-electron chi connectivity index (χ3n) is 2.85. The van der Waals surface area contributed by atoms with Gasteiger partial charge in [-0.15, -0.1) is 0 Å². The Morgan fingerprint density at radius 1 is 1.09 bits per heavy atom. The molecule has 0 radical (unpaired) electrons. The van der Waals surface area contributed by atoms with E-state index in [9.17, 15) is 8.42 Å². The molecule has 0 unspecified atom stereocenters. The van der Waals surface area contributed by atoms with E-state index in [1.54, 1.807) is 36.4 Å². The molecule has 0 spiro atoms. The van der Waals surface area contributed by atoms with E-state index in [1.165, 1.54) is 12.1 Å². The van der Waals surface area contributed by atoms with Gasteiger partial charge in [-0.05, 0) is 67.7 Å². The Balaban J connectivity index is 2.13. The van der Waals surface area contributed by atoms with Gasteiger partial charge in [0.25, 0.3) is 10.0 Å². The standard InChI is InChI=1S/C15H17N3O3S2/c1-2-21-13-7-3-12(4-8-13)18-23(19,20)14-9-5-11(6-10-14)17-15(16)22/h3-10,18H,2H2,1H3,(H3,16,17,22). The molecular formula is C15H17N3O3S2. The topological polar surface area (TPSA) is 93.4 Å². The molecule has 0 aliphatic rings. The van der Waals surface area contributed by atoms with E-state index >= 15 is 0 Å². The zero-order chi connectivity index (χ0) is 16.9. The fourth-order valence-electron chi connectivity index (χ4n) is 1.86. The van der Waals surface area contributed by atoms with E-state index in [2.05, 4.69) is 10.0 Å². The van der Waals surface area contributed by atoms with Crippen molar-refractivity contribution in [1.82, 2.24) is 0 Å². The number of nitrogens with one attached hydrogen (secondary N) is 2. The fraction of sp³-hybridized carbons (Fsp3) is 0.133. The molecule has 0 aliphatic carbocycles. The Kier molecular flexibility index (Phi) is 5.41. The second kappa shape index (κ2) is 7.30. The smallest absolute Gasteiger partial charge is 0.261 e. The summed E-state index contributed by atoms with van der Waals surface area (Å²) in [4.78, 5) is 0.139. The summed E-state index contributed by atoms with van der Waals surface area (Å²) in [5.41, 5.74) is 6.44. The van der Waals surface area contributed by atoms with Crippen LogP contribution in [0.2, 0.25) is 0 Å². The number of rotatable bonds is 6. The van der Waals surface area contributed by atoms with Crippen molar-refractivity contribution >= 4 is 38.7 Å². The molecule has 0 bridgehead atoms. The molecule has 6 nitrogen and oxygen atoms in total. The van der Waals surface area contributed by atoms with E-state index in [0.29, 0.717) is 23.7 Å². The van der Waals surface area contributed by atoms with Gasteiger partial charge in [-0.25, -0.2) is 8.42 Å². The van der Waals surface area contributed by atoms with E-state index in [4.69, 9.17) is 22.7 Å². The maximum atomic E-state index is 12.3. The predicted octanol–water partition coefficient (Wildman–Crippen LogP) is 2.54. The average Bonchev–Trinajstić information content (AvgIpc) is 2.49. The van der Waals surface area contributed by atoms with Gasteiger partial charge < -0.3 is 15.8 Å². The highest BCUT2D eigenvalue weighted by molar-refractivity contribution is 7.92. The van der Waals surface area contributed by atoms with Crippen LogP contribution in [0.5, 0.6) is 5.75 Å². The van der Waals surface area contributed by atoms with Crippen LogP contribution in [0.3, 0.4) is 0 Å². The van der Waals surface area contributed by atoms with Crippen molar-refractivity contribution in [2.45, 2.75) is 11.8 Å². The lowest BCUT2D eigenvalue weighted by Gasteiger charge is -2.10. The fourth-order valence-corrected chi connectivity index (χ4v) is 3.04. The van der Waals surface area contributed by atoms with Crippen LogP contribution in [0, 0.1) is 0 Å². The number of sulfonamides is 1. The van der Waals surface area contributed by atoms with Crippen molar-refractivity contribution in [2.24, 2.45) is 5.73 Å². The van der Waals surface area contributed by atoms with Crippen LogP contribution in [0.15, 0.2) is 53.4 Å². The molecule has 8 heteroatoms. The summed E-state index contributed by atoms with van der Waals surface area (Å²) in [7, 11) is -3.67. The van der Waals surface area contributed by atoms with Gasteiger partial charge in [0.2, 0.25) is 0 Å². The summed E-state index contributed by atoms with van der Waals surface area (Å²) in [5, 5.41) is 2.85. The Morgan fingerprint density at radius 3 is 2.17 bits per heavy atom. The molecule has 0 aliphatic heterocycles. The first-order valence-corrected chi connectivity index (χ1v) is 8.72. The van der Waals surface area contributed by atoms with Crippen LogP contribution in [0.1, 0.15) is 6.92 Å². The Morgan fingerprint density at radius 2 is 1.65 bits per heavy atom. The van der Waals surface area contributed by atoms with Crippen LogP contribution >= 0.6 is 12.2 Å². The number of hydrogen-bond acceptors (Lipinski definition) is 4. The minimum atomic E-state index is -3.67. The van der Waals surface area contributed by atoms with E-state index in [0.717, 1.165) is 0 Å². The highest BCUT2D eigenvalue weighted by Gasteiger charge is 2.14. The third kappa shape index (κ3) is 4.83. The SMILES string of the molecule is CCOc1ccc(NS(=O)(=O)c2ccc(NC(N)=S)cc2)cc1. The normalized spacial score (nSPS) is 10.8. The Hall–Kier alpha value is -2.32. The van der Waals surface area contributed by atoms with Gasteiger partial charge >= 0.3 is 0 Å². The minimum absolute atomic E-state index is 0.119.